The molecule has 0 unspecified atom stereocenters. The molecule has 1 aromatic carbocycles. The molecule has 28 heavy (non-hydrogen) atoms. The summed E-state index contributed by atoms with van der Waals surface area (Å²) in [4.78, 5) is 21.9. The molecular formula is C21H27ClN4O2. The number of carbonyl (C=O) groups excluding carboxylic acids is 1. The zero-order valence-corrected chi connectivity index (χ0v) is 16.8. The number of amides is 1. The highest BCUT2D eigenvalue weighted by Crippen LogP contribution is 2.30. The van der Waals surface area contributed by atoms with Gasteiger partial charge in [-0.1, -0.05) is 11.6 Å². The van der Waals surface area contributed by atoms with Crippen LogP contribution in [0.4, 0.5) is 6.01 Å². The number of oxazole rings is 1. The van der Waals surface area contributed by atoms with Gasteiger partial charge in [-0.25, -0.2) is 0 Å². The quantitative estimate of drug-likeness (QED) is 0.835. The van der Waals surface area contributed by atoms with Crippen LogP contribution in [0.15, 0.2) is 22.6 Å². The van der Waals surface area contributed by atoms with Crippen LogP contribution in [0, 0.1) is 11.8 Å². The van der Waals surface area contributed by atoms with Gasteiger partial charge in [0.25, 0.3) is 6.01 Å². The fourth-order valence-corrected chi connectivity index (χ4v) is 5.20. The average Bonchev–Trinajstić information content (AvgIpc) is 3.16. The number of anilines is 1. The Hall–Kier alpha value is -1.79. The van der Waals surface area contributed by atoms with Crippen LogP contribution in [0.25, 0.3) is 11.1 Å². The zero-order valence-electron chi connectivity index (χ0n) is 16.1. The standard InChI is InChI=1S/C21H27ClN4O2/c22-16-3-4-18-19(12-16)28-21(24-18)25-9-5-14(6-10-25)20(27)26-11-7-17-15(13-26)2-1-8-23-17/h3-4,12,14-15,17,23H,1-2,5-11,13H2/t15-,17+/m1/s1. The van der Waals surface area contributed by atoms with Crippen LogP contribution in [-0.2, 0) is 4.79 Å². The van der Waals surface area contributed by atoms with Gasteiger partial charge < -0.3 is 19.5 Å². The number of rotatable bonds is 2. The van der Waals surface area contributed by atoms with Crippen molar-refractivity contribution in [1.29, 1.82) is 0 Å². The van der Waals surface area contributed by atoms with Crippen molar-refractivity contribution in [1.82, 2.24) is 15.2 Å². The minimum Gasteiger partial charge on any atom is -0.423 e. The van der Waals surface area contributed by atoms with E-state index in [1.165, 1.54) is 12.8 Å². The van der Waals surface area contributed by atoms with E-state index in [2.05, 4.69) is 20.1 Å². The highest BCUT2D eigenvalue weighted by atomic mass is 35.5. The smallest absolute Gasteiger partial charge is 0.298 e. The van der Waals surface area contributed by atoms with Gasteiger partial charge in [0.05, 0.1) is 0 Å². The maximum atomic E-state index is 13.1. The molecular weight excluding hydrogens is 376 g/mol. The van der Waals surface area contributed by atoms with Gasteiger partial charge in [-0.15, -0.1) is 0 Å². The van der Waals surface area contributed by atoms with Crippen LogP contribution in [0.2, 0.25) is 5.02 Å². The number of benzene rings is 1. The molecule has 3 saturated heterocycles. The van der Waals surface area contributed by atoms with Crippen LogP contribution >= 0.6 is 11.6 Å². The van der Waals surface area contributed by atoms with E-state index in [9.17, 15) is 4.79 Å². The third-order valence-corrected chi connectivity index (χ3v) is 6.89. The van der Waals surface area contributed by atoms with Crippen molar-refractivity contribution in [2.24, 2.45) is 11.8 Å². The van der Waals surface area contributed by atoms with Crippen LogP contribution in [0.1, 0.15) is 32.1 Å². The van der Waals surface area contributed by atoms with Gasteiger partial charge in [0.15, 0.2) is 5.58 Å². The van der Waals surface area contributed by atoms with Crippen molar-refractivity contribution >= 4 is 34.6 Å². The Kier molecular flexibility index (Phi) is 4.93. The molecule has 0 saturated carbocycles. The summed E-state index contributed by atoms with van der Waals surface area (Å²) >= 11 is 6.04. The van der Waals surface area contributed by atoms with Gasteiger partial charge in [-0.05, 0) is 56.7 Å². The van der Waals surface area contributed by atoms with Crippen molar-refractivity contribution < 1.29 is 9.21 Å². The molecule has 0 aliphatic carbocycles. The Morgan fingerprint density at radius 2 is 2.04 bits per heavy atom. The minimum atomic E-state index is 0.128. The lowest BCUT2D eigenvalue weighted by atomic mass is 9.84. The molecule has 0 bridgehead atoms. The topological polar surface area (TPSA) is 61.6 Å². The predicted molar refractivity (Wildman–Crippen MR) is 110 cm³/mol. The van der Waals surface area contributed by atoms with Gasteiger partial charge in [-0.3, -0.25) is 4.79 Å². The van der Waals surface area contributed by atoms with Crippen molar-refractivity contribution in [2.45, 2.75) is 38.1 Å². The number of fused-ring (bicyclic) bond motifs is 2. The summed E-state index contributed by atoms with van der Waals surface area (Å²) in [5.41, 5.74) is 1.53. The summed E-state index contributed by atoms with van der Waals surface area (Å²) in [5.74, 6) is 1.12. The van der Waals surface area contributed by atoms with Gasteiger partial charge in [0.2, 0.25) is 5.91 Å². The SMILES string of the molecule is O=C(C1CCN(c2nc3ccc(Cl)cc3o2)CC1)N1CC[C@@H]2NCCC[C@@H]2C1. The van der Waals surface area contributed by atoms with Gasteiger partial charge in [0, 0.05) is 49.2 Å². The van der Waals surface area contributed by atoms with Crippen molar-refractivity contribution in [3.05, 3.63) is 23.2 Å². The third kappa shape index (κ3) is 3.48. The Balaban J connectivity index is 1.20. The number of carbonyl (C=O) groups is 1. The van der Waals surface area contributed by atoms with E-state index in [0.717, 1.165) is 57.5 Å². The van der Waals surface area contributed by atoms with Gasteiger partial charge >= 0.3 is 0 Å². The van der Waals surface area contributed by atoms with E-state index in [-0.39, 0.29) is 5.92 Å². The summed E-state index contributed by atoms with van der Waals surface area (Å²) in [6.45, 7) is 4.58. The lowest BCUT2D eigenvalue weighted by Crippen LogP contribution is -2.55. The molecule has 0 spiro atoms. The second kappa shape index (κ2) is 7.56. The summed E-state index contributed by atoms with van der Waals surface area (Å²) in [5, 5.41) is 4.28. The molecule has 1 amide bonds. The summed E-state index contributed by atoms with van der Waals surface area (Å²) in [7, 11) is 0. The summed E-state index contributed by atoms with van der Waals surface area (Å²) in [6, 6.07) is 6.76. The fraction of sp³-hybridized carbons (Fsp3) is 0.619. The minimum absolute atomic E-state index is 0.128. The average molecular weight is 403 g/mol. The molecule has 3 aliphatic rings. The summed E-state index contributed by atoms with van der Waals surface area (Å²) in [6.07, 6.45) is 5.31. The second-order valence-corrected chi connectivity index (χ2v) is 8.84. The number of likely N-dealkylation sites (tertiary alicyclic amines) is 1. The number of piperidine rings is 3. The van der Waals surface area contributed by atoms with E-state index in [1.54, 1.807) is 6.07 Å². The van der Waals surface area contributed by atoms with Crippen LogP contribution in [-0.4, -0.2) is 54.6 Å². The molecule has 1 N–H and O–H groups in total. The number of nitrogens with one attached hydrogen (secondary N) is 1. The van der Waals surface area contributed by atoms with E-state index >= 15 is 0 Å². The first-order valence-electron chi connectivity index (χ1n) is 10.5. The van der Waals surface area contributed by atoms with E-state index in [0.29, 0.717) is 34.5 Å². The lowest BCUT2D eigenvalue weighted by Gasteiger charge is -2.43. The third-order valence-electron chi connectivity index (χ3n) is 6.66. The normalized spacial score (nSPS) is 26.5. The number of halogens is 1. The molecule has 3 fully saturated rings. The Labute approximate surface area is 170 Å². The molecule has 0 radical (unpaired) electrons. The van der Waals surface area contributed by atoms with Crippen LogP contribution in [0.5, 0.6) is 0 Å². The molecule has 150 valence electrons. The molecule has 2 aromatic rings. The Morgan fingerprint density at radius 1 is 1.18 bits per heavy atom. The molecule has 6 nitrogen and oxygen atoms in total. The largest absolute Gasteiger partial charge is 0.423 e. The molecule has 5 rings (SSSR count). The molecule has 4 heterocycles. The van der Waals surface area contributed by atoms with Crippen molar-refractivity contribution in [2.75, 3.05) is 37.6 Å². The molecule has 1 aromatic heterocycles. The first-order valence-corrected chi connectivity index (χ1v) is 10.9. The number of hydrogen-bond acceptors (Lipinski definition) is 5. The van der Waals surface area contributed by atoms with E-state index in [4.69, 9.17) is 16.0 Å². The number of hydrogen-bond donors (Lipinski definition) is 1. The lowest BCUT2D eigenvalue weighted by molar-refractivity contribution is -0.138. The second-order valence-electron chi connectivity index (χ2n) is 8.41. The molecule has 2 atom stereocenters. The van der Waals surface area contributed by atoms with E-state index in [1.807, 2.05) is 12.1 Å². The van der Waals surface area contributed by atoms with E-state index < -0.39 is 0 Å². The Morgan fingerprint density at radius 3 is 2.89 bits per heavy atom. The Bertz CT molecular complexity index is 861. The zero-order chi connectivity index (χ0) is 19.1. The van der Waals surface area contributed by atoms with Gasteiger partial charge in [-0.2, -0.15) is 4.98 Å². The molecule has 3 aliphatic heterocycles. The van der Waals surface area contributed by atoms with Crippen molar-refractivity contribution in [3.63, 3.8) is 0 Å². The highest BCUT2D eigenvalue weighted by molar-refractivity contribution is 6.31. The van der Waals surface area contributed by atoms with Crippen LogP contribution < -0.4 is 10.2 Å². The number of aromatic nitrogens is 1. The summed E-state index contributed by atoms with van der Waals surface area (Å²) < 4.78 is 5.89. The van der Waals surface area contributed by atoms with Crippen molar-refractivity contribution in [3.8, 4) is 0 Å². The first-order chi connectivity index (χ1) is 13.7. The van der Waals surface area contributed by atoms with Crippen LogP contribution in [0.3, 0.4) is 0 Å². The first kappa shape index (κ1) is 18.3. The predicted octanol–water partition coefficient (Wildman–Crippen LogP) is 3.30. The highest BCUT2D eigenvalue weighted by Gasteiger charge is 2.36. The molecule has 7 heteroatoms. The van der Waals surface area contributed by atoms with Gasteiger partial charge in [0.1, 0.15) is 5.52 Å². The fourth-order valence-electron chi connectivity index (χ4n) is 5.04. The maximum absolute atomic E-state index is 13.1. The monoisotopic (exact) mass is 402 g/mol. The maximum Gasteiger partial charge on any atom is 0.298 e. The number of nitrogens with zero attached hydrogens (tertiary/aromatic N) is 3.